The van der Waals surface area contributed by atoms with Crippen molar-refractivity contribution in [1.82, 2.24) is 19.7 Å². The van der Waals surface area contributed by atoms with Crippen LogP contribution in [0.4, 0.5) is 4.39 Å². The third kappa shape index (κ3) is 1.41. The molecule has 6 heteroatoms. The number of halogens is 2. The van der Waals surface area contributed by atoms with Crippen LogP contribution in [0.25, 0.3) is 5.69 Å². The lowest BCUT2D eigenvalue weighted by atomic mass is 10.4. The minimum atomic E-state index is -0.437. The van der Waals surface area contributed by atoms with Gasteiger partial charge in [0.05, 0.1) is 10.7 Å². The van der Waals surface area contributed by atoms with E-state index < -0.39 is 5.82 Å². The van der Waals surface area contributed by atoms with Crippen molar-refractivity contribution < 1.29 is 4.39 Å². The fourth-order valence-electron chi connectivity index (χ4n) is 1.13. The molecule has 0 amide bonds. The van der Waals surface area contributed by atoms with Crippen LogP contribution in [0.15, 0.2) is 23.2 Å². The molecule has 0 atom stereocenters. The van der Waals surface area contributed by atoms with Crippen LogP contribution < -0.4 is 0 Å². The number of rotatable bonds is 1. The number of aromatic nitrogens is 4. The van der Waals surface area contributed by atoms with Gasteiger partial charge in [-0.25, -0.2) is 14.1 Å². The van der Waals surface area contributed by atoms with Crippen molar-refractivity contribution in [3.05, 3.63) is 34.8 Å². The van der Waals surface area contributed by atoms with Gasteiger partial charge in [0.2, 0.25) is 0 Å². The highest BCUT2D eigenvalue weighted by Crippen LogP contribution is 2.22. The van der Waals surface area contributed by atoms with Crippen LogP contribution in [-0.2, 0) is 0 Å². The Balaban J connectivity index is 2.68. The molecule has 4 nitrogen and oxygen atoms in total. The Bertz CT molecular complexity index is 448. The molecule has 0 aliphatic carbocycles. The van der Waals surface area contributed by atoms with Crippen LogP contribution >= 0.6 is 15.9 Å². The fourth-order valence-corrected chi connectivity index (χ4v) is 1.60. The molecule has 0 saturated heterocycles. The van der Waals surface area contributed by atoms with Gasteiger partial charge in [-0.15, -0.1) is 0 Å². The zero-order valence-corrected chi connectivity index (χ0v) is 8.86. The zero-order valence-electron chi connectivity index (χ0n) is 7.28. The minimum Gasteiger partial charge on any atom is -0.260 e. The van der Waals surface area contributed by atoms with Gasteiger partial charge in [-0.3, -0.25) is 4.98 Å². The SMILES string of the molecule is Cc1ncnn1-c1c(F)cncc1Br. The van der Waals surface area contributed by atoms with Gasteiger partial charge >= 0.3 is 0 Å². The molecule has 0 spiro atoms. The molecule has 0 fully saturated rings. The van der Waals surface area contributed by atoms with E-state index in [1.165, 1.54) is 17.2 Å². The summed E-state index contributed by atoms with van der Waals surface area (Å²) in [7, 11) is 0. The van der Waals surface area contributed by atoms with Crippen LogP contribution in [0.3, 0.4) is 0 Å². The first-order chi connectivity index (χ1) is 6.70. The van der Waals surface area contributed by atoms with Gasteiger partial charge in [0.1, 0.15) is 17.8 Å². The molecular weight excluding hydrogens is 251 g/mol. The maximum absolute atomic E-state index is 13.4. The van der Waals surface area contributed by atoms with Crippen molar-refractivity contribution in [2.75, 3.05) is 0 Å². The standard InChI is InChI=1S/C8H6BrFN4/c1-5-12-4-13-14(5)8-6(9)2-11-3-7(8)10/h2-4H,1H3. The number of hydrogen-bond donors (Lipinski definition) is 0. The Morgan fingerprint density at radius 2 is 2.21 bits per heavy atom. The molecule has 2 heterocycles. The molecule has 72 valence electrons. The van der Waals surface area contributed by atoms with E-state index in [1.807, 2.05) is 0 Å². The average Bonchev–Trinajstić information content (AvgIpc) is 2.52. The molecule has 14 heavy (non-hydrogen) atoms. The van der Waals surface area contributed by atoms with Crippen molar-refractivity contribution in [1.29, 1.82) is 0 Å². The van der Waals surface area contributed by atoms with E-state index in [2.05, 4.69) is 31.0 Å². The first-order valence-electron chi connectivity index (χ1n) is 3.86. The van der Waals surface area contributed by atoms with Crippen molar-refractivity contribution in [3.63, 3.8) is 0 Å². The van der Waals surface area contributed by atoms with E-state index in [9.17, 15) is 4.39 Å². The summed E-state index contributed by atoms with van der Waals surface area (Å²) in [6.07, 6.45) is 4.03. The monoisotopic (exact) mass is 256 g/mol. The lowest BCUT2D eigenvalue weighted by Crippen LogP contribution is -2.03. The van der Waals surface area contributed by atoms with Crippen molar-refractivity contribution in [3.8, 4) is 5.69 Å². The smallest absolute Gasteiger partial charge is 0.168 e. The summed E-state index contributed by atoms with van der Waals surface area (Å²) in [5.74, 6) is 0.184. The topological polar surface area (TPSA) is 43.6 Å². The van der Waals surface area contributed by atoms with Gasteiger partial charge in [-0.2, -0.15) is 5.10 Å². The van der Waals surface area contributed by atoms with Gasteiger partial charge in [0.25, 0.3) is 0 Å². The second kappa shape index (κ2) is 3.45. The first-order valence-corrected chi connectivity index (χ1v) is 4.65. The van der Waals surface area contributed by atoms with Gasteiger partial charge in [0.15, 0.2) is 5.82 Å². The number of nitrogens with zero attached hydrogens (tertiary/aromatic N) is 4. The quantitative estimate of drug-likeness (QED) is 0.783. The molecule has 0 N–H and O–H groups in total. The molecule has 0 aromatic carbocycles. The summed E-state index contributed by atoms with van der Waals surface area (Å²) in [6, 6.07) is 0. The summed E-state index contributed by atoms with van der Waals surface area (Å²) < 4.78 is 15.4. The van der Waals surface area contributed by atoms with Gasteiger partial charge in [-0.1, -0.05) is 0 Å². The highest BCUT2D eigenvalue weighted by Gasteiger charge is 2.12. The molecule has 0 aliphatic heterocycles. The fraction of sp³-hybridized carbons (Fsp3) is 0.125. The summed E-state index contributed by atoms with van der Waals surface area (Å²) in [4.78, 5) is 7.62. The van der Waals surface area contributed by atoms with E-state index >= 15 is 0 Å². The third-order valence-electron chi connectivity index (χ3n) is 1.76. The lowest BCUT2D eigenvalue weighted by molar-refractivity contribution is 0.600. The Morgan fingerprint density at radius 1 is 1.43 bits per heavy atom. The second-order valence-corrected chi connectivity index (χ2v) is 3.53. The van der Waals surface area contributed by atoms with Crippen molar-refractivity contribution in [2.45, 2.75) is 6.92 Å². The van der Waals surface area contributed by atoms with E-state index in [-0.39, 0.29) is 0 Å². The molecule has 0 saturated carbocycles. The molecule has 0 aliphatic rings. The van der Waals surface area contributed by atoms with Gasteiger partial charge in [-0.05, 0) is 22.9 Å². The number of aryl methyl sites for hydroxylation is 1. The van der Waals surface area contributed by atoms with Crippen LogP contribution in [0.5, 0.6) is 0 Å². The normalized spacial score (nSPS) is 10.5. The van der Waals surface area contributed by atoms with E-state index in [4.69, 9.17) is 0 Å². The molecule has 0 radical (unpaired) electrons. The van der Waals surface area contributed by atoms with Crippen LogP contribution in [0.1, 0.15) is 5.82 Å². The molecule has 2 rings (SSSR count). The number of pyridine rings is 1. The maximum atomic E-state index is 13.4. The maximum Gasteiger partial charge on any atom is 0.168 e. The Morgan fingerprint density at radius 3 is 2.79 bits per heavy atom. The summed E-state index contributed by atoms with van der Waals surface area (Å²) in [5, 5.41) is 3.92. The summed E-state index contributed by atoms with van der Waals surface area (Å²) in [6.45, 7) is 1.75. The van der Waals surface area contributed by atoms with Crippen molar-refractivity contribution in [2.24, 2.45) is 0 Å². The Kier molecular flexibility index (Phi) is 2.28. The predicted octanol–water partition coefficient (Wildman–Crippen LogP) is 1.87. The van der Waals surface area contributed by atoms with E-state index in [0.717, 1.165) is 6.20 Å². The molecule has 0 bridgehead atoms. The summed E-state index contributed by atoms with van der Waals surface area (Å²) >= 11 is 3.21. The lowest BCUT2D eigenvalue weighted by Gasteiger charge is -2.05. The van der Waals surface area contributed by atoms with Gasteiger partial charge in [0, 0.05) is 6.20 Å². The second-order valence-electron chi connectivity index (χ2n) is 2.67. The summed E-state index contributed by atoms with van der Waals surface area (Å²) in [5.41, 5.74) is 0.329. The van der Waals surface area contributed by atoms with Crippen LogP contribution in [0, 0.1) is 12.7 Å². The van der Waals surface area contributed by atoms with Gasteiger partial charge < -0.3 is 0 Å². The van der Waals surface area contributed by atoms with Crippen LogP contribution in [-0.4, -0.2) is 19.7 Å². The third-order valence-corrected chi connectivity index (χ3v) is 2.34. The zero-order chi connectivity index (χ0) is 10.1. The highest BCUT2D eigenvalue weighted by atomic mass is 79.9. The molecular formula is C8H6BrFN4. The highest BCUT2D eigenvalue weighted by molar-refractivity contribution is 9.10. The van der Waals surface area contributed by atoms with E-state index in [1.54, 1.807) is 6.92 Å². The van der Waals surface area contributed by atoms with E-state index in [0.29, 0.717) is 16.0 Å². The first kappa shape index (κ1) is 9.26. The largest absolute Gasteiger partial charge is 0.260 e. The van der Waals surface area contributed by atoms with Crippen molar-refractivity contribution >= 4 is 15.9 Å². The Labute approximate surface area is 87.9 Å². The molecule has 0 unspecified atom stereocenters. The minimum absolute atomic E-state index is 0.329. The average molecular weight is 257 g/mol. The molecule has 2 aromatic heterocycles. The predicted molar refractivity (Wildman–Crippen MR) is 51.5 cm³/mol. The molecule has 2 aromatic rings. The number of hydrogen-bond acceptors (Lipinski definition) is 3. The van der Waals surface area contributed by atoms with Crippen LogP contribution in [0.2, 0.25) is 0 Å². The Hall–Kier alpha value is -1.30.